The van der Waals surface area contributed by atoms with Crippen LogP contribution in [0.5, 0.6) is 0 Å². The number of likely N-dealkylation sites (N-methyl/N-ethyl adjacent to an activating group) is 1. The van der Waals surface area contributed by atoms with Gasteiger partial charge in [-0.15, -0.1) is 0 Å². The standard InChI is InChI=1S/C11H13BrF3N/c1-2-16-10(11(13,14)15)7-8-3-5-9(12)6-4-8/h3-6,10,16H,2,7H2,1H3. The first kappa shape index (κ1) is 13.5. The van der Waals surface area contributed by atoms with E-state index in [2.05, 4.69) is 21.2 Å². The molecule has 1 rings (SSSR count). The average Bonchev–Trinajstić information content (AvgIpc) is 2.19. The molecule has 0 amide bonds. The van der Waals surface area contributed by atoms with E-state index in [1.165, 1.54) is 0 Å². The van der Waals surface area contributed by atoms with Crippen LogP contribution in [0.15, 0.2) is 28.7 Å². The molecule has 1 aromatic rings. The zero-order valence-electron chi connectivity index (χ0n) is 8.81. The molecule has 0 aromatic heterocycles. The molecule has 0 aliphatic carbocycles. The molecule has 5 heteroatoms. The smallest absolute Gasteiger partial charge is 0.306 e. The summed E-state index contributed by atoms with van der Waals surface area (Å²) < 4.78 is 38.7. The molecular weight excluding hydrogens is 283 g/mol. The normalized spacial score (nSPS) is 13.8. The lowest BCUT2D eigenvalue weighted by Crippen LogP contribution is -2.43. The predicted molar refractivity (Wildman–Crippen MR) is 61.4 cm³/mol. The van der Waals surface area contributed by atoms with Crippen LogP contribution in [-0.2, 0) is 6.42 Å². The second-order valence-corrected chi connectivity index (χ2v) is 4.40. The van der Waals surface area contributed by atoms with E-state index in [4.69, 9.17) is 0 Å². The highest BCUT2D eigenvalue weighted by Crippen LogP contribution is 2.23. The third-order valence-corrected chi connectivity index (χ3v) is 2.73. The van der Waals surface area contributed by atoms with Gasteiger partial charge in [0.05, 0.1) is 0 Å². The van der Waals surface area contributed by atoms with Crippen molar-refractivity contribution in [3.63, 3.8) is 0 Å². The van der Waals surface area contributed by atoms with Gasteiger partial charge in [-0.1, -0.05) is 35.0 Å². The highest BCUT2D eigenvalue weighted by molar-refractivity contribution is 9.10. The van der Waals surface area contributed by atoms with Crippen LogP contribution < -0.4 is 5.32 Å². The lowest BCUT2D eigenvalue weighted by atomic mass is 10.1. The maximum Gasteiger partial charge on any atom is 0.404 e. The first-order valence-corrected chi connectivity index (χ1v) is 5.77. The fourth-order valence-electron chi connectivity index (χ4n) is 1.41. The molecule has 0 fully saturated rings. The van der Waals surface area contributed by atoms with Crippen LogP contribution in [0.4, 0.5) is 13.2 Å². The van der Waals surface area contributed by atoms with Crippen LogP contribution in [0.3, 0.4) is 0 Å². The average molecular weight is 296 g/mol. The fourth-order valence-corrected chi connectivity index (χ4v) is 1.67. The summed E-state index contributed by atoms with van der Waals surface area (Å²) in [5.74, 6) is 0. The van der Waals surface area contributed by atoms with Gasteiger partial charge in [-0.2, -0.15) is 13.2 Å². The second kappa shape index (κ2) is 5.68. The van der Waals surface area contributed by atoms with Gasteiger partial charge in [-0.05, 0) is 30.7 Å². The molecule has 16 heavy (non-hydrogen) atoms. The first-order valence-electron chi connectivity index (χ1n) is 4.98. The van der Waals surface area contributed by atoms with Crippen molar-refractivity contribution in [1.82, 2.24) is 5.32 Å². The predicted octanol–water partition coefficient (Wildman–Crippen LogP) is 3.53. The Morgan fingerprint density at radius 2 is 1.81 bits per heavy atom. The molecule has 1 aromatic carbocycles. The molecule has 1 nitrogen and oxygen atoms in total. The van der Waals surface area contributed by atoms with Gasteiger partial charge in [-0.3, -0.25) is 0 Å². The Morgan fingerprint density at radius 3 is 2.25 bits per heavy atom. The van der Waals surface area contributed by atoms with Gasteiger partial charge in [0.2, 0.25) is 0 Å². The van der Waals surface area contributed by atoms with Gasteiger partial charge in [0.1, 0.15) is 6.04 Å². The first-order chi connectivity index (χ1) is 7.43. The molecule has 1 unspecified atom stereocenters. The number of alkyl halides is 3. The molecule has 0 bridgehead atoms. The van der Waals surface area contributed by atoms with E-state index in [0.29, 0.717) is 12.1 Å². The number of benzene rings is 1. The number of hydrogen-bond donors (Lipinski definition) is 1. The molecule has 0 spiro atoms. The van der Waals surface area contributed by atoms with Gasteiger partial charge >= 0.3 is 6.18 Å². The molecular formula is C11H13BrF3N. The van der Waals surface area contributed by atoms with Crippen molar-refractivity contribution in [2.45, 2.75) is 25.6 Å². The maximum absolute atomic E-state index is 12.6. The third-order valence-electron chi connectivity index (χ3n) is 2.20. The summed E-state index contributed by atoms with van der Waals surface area (Å²) in [5.41, 5.74) is 0.673. The molecule has 0 radical (unpaired) electrons. The molecule has 0 saturated carbocycles. The minimum absolute atomic E-state index is 0.0371. The monoisotopic (exact) mass is 295 g/mol. The van der Waals surface area contributed by atoms with Crippen molar-refractivity contribution in [2.24, 2.45) is 0 Å². The second-order valence-electron chi connectivity index (χ2n) is 3.48. The van der Waals surface area contributed by atoms with Crippen molar-refractivity contribution in [1.29, 1.82) is 0 Å². The Balaban J connectivity index is 2.72. The van der Waals surface area contributed by atoms with E-state index < -0.39 is 12.2 Å². The fraction of sp³-hybridized carbons (Fsp3) is 0.455. The van der Waals surface area contributed by atoms with E-state index in [-0.39, 0.29) is 6.42 Å². The topological polar surface area (TPSA) is 12.0 Å². The molecule has 0 aliphatic heterocycles. The number of hydrogen-bond acceptors (Lipinski definition) is 1. The van der Waals surface area contributed by atoms with E-state index >= 15 is 0 Å². The Bertz CT molecular complexity index is 321. The minimum atomic E-state index is -4.21. The summed E-state index contributed by atoms with van der Waals surface area (Å²) >= 11 is 3.24. The lowest BCUT2D eigenvalue weighted by molar-refractivity contribution is -0.155. The maximum atomic E-state index is 12.6. The van der Waals surface area contributed by atoms with Crippen molar-refractivity contribution in [3.8, 4) is 0 Å². The van der Waals surface area contributed by atoms with Crippen molar-refractivity contribution < 1.29 is 13.2 Å². The SMILES string of the molecule is CCNC(Cc1ccc(Br)cc1)C(F)(F)F. The summed E-state index contributed by atoms with van der Waals surface area (Å²) in [4.78, 5) is 0. The Morgan fingerprint density at radius 1 is 1.25 bits per heavy atom. The van der Waals surface area contributed by atoms with Crippen LogP contribution in [0, 0.1) is 0 Å². The van der Waals surface area contributed by atoms with Gasteiger partial charge in [0, 0.05) is 4.47 Å². The van der Waals surface area contributed by atoms with Gasteiger partial charge in [-0.25, -0.2) is 0 Å². The zero-order valence-corrected chi connectivity index (χ0v) is 10.4. The quantitative estimate of drug-likeness (QED) is 0.896. The number of nitrogens with one attached hydrogen (secondary N) is 1. The largest absolute Gasteiger partial charge is 0.404 e. The highest BCUT2D eigenvalue weighted by atomic mass is 79.9. The van der Waals surface area contributed by atoms with E-state index in [0.717, 1.165) is 4.47 Å². The third kappa shape index (κ3) is 4.14. The zero-order chi connectivity index (χ0) is 12.2. The Labute approximate surface area is 101 Å². The van der Waals surface area contributed by atoms with Crippen molar-refractivity contribution in [3.05, 3.63) is 34.3 Å². The molecule has 0 heterocycles. The van der Waals surface area contributed by atoms with Gasteiger partial charge < -0.3 is 5.32 Å². The van der Waals surface area contributed by atoms with Crippen LogP contribution in [0.2, 0.25) is 0 Å². The number of halogens is 4. The van der Waals surface area contributed by atoms with Crippen LogP contribution in [-0.4, -0.2) is 18.8 Å². The summed E-state index contributed by atoms with van der Waals surface area (Å²) in [6.45, 7) is 1.97. The van der Waals surface area contributed by atoms with Crippen molar-refractivity contribution in [2.75, 3.05) is 6.54 Å². The van der Waals surface area contributed by atoms with Crippen LogP contribution in [0.1, 0.15) is 12.5 Å². The summed E-state index contributed by atoms with van der Waals surface area (Å²) in [6.07, 6.45) is -4.24. The van der Waals surface area contributed by atoms with Gasteiger partial charge in [0.15, 0.2) is 0 Å². The molecule has 1 atom stereocenters. The van der Waals surface area contributed by atoms with Crippen LogP contribution in [0.25, 0.3) is 0 Å². The Hall–Kier alpha value is -0.550. The van der Waals surface area contributed by atoms with E-state index in [9.17, 15) is 13.2 Å². The van der Waals surface area contributed by atoms with Crippen molar-refractivity contribution >= 4 is 15.9 Å². The summed E-state index contributed by atoms with van der Waals surface area (Å²) in [5, 5.41) is 2.45. The minimum Gasteiger partial charge on any atom is -0.306 e. The van der Waals surface area contributed by atoms with E-state index in [1.807, 2.05) is 0 Å². The summed E-state index contributed by atoms with van der Waals surface area (Å²) in [6, 6.07) is 5.41. The molecule has 0 aliphatic rings. The molecule has 90 valence electrons. The van der Waals surface area contributed by atoms with Crippen LogP contribution >= 0.6 is 15.9 Å². The van der Waals surface area contributed by atoms with Gasteiger partial charge in [0.25, 0.3) is 0 Å². The number of rotatable bonds is 4. The molecule has 0 saturated heterocycles. The molecule has 1 N–H and O–H groups in total. The lowest BCUT2D eigenvalue weighted by Gasteiger charge is -2.21. The van der Waals surface area contributed by atoms with E-state index in [1.54, 1.807) is 31.2 Å². The summed E-state index contributed by atoms with van der Waals surface area (Å²) in [7, 11) is 0. The Kier molecular flexibility index (Phi) is 4.80. The highest BCUT2D eigenvalue weighted by Gasteiger charge is 2.38.